The topological polar surface area (TPSA) is 17.8 Å². The van der Waals surface area contributed by atoms with Crippen LogP contribution in [0.1, 0.15) is 0 Å². The smallest absolute Gasteiger partial charge is 0.123 e. The molecule has 0 aliphatic rings. The molecule has 0 atom stereocenters. The quantitative estimate of drug-likeness (QED) is 0.605. The van der Waals surface area contributed by atoms with E-state index in [1.165, 1.54) is 12.1 Å². The van der Waals surface area contributed by atoms with Crippen LogP contribution in [-0.2, 0) is 0 Å². The van der Waals surface area contributed by atoms with Gasteiger partial charge in [0, 0.05) is 5.39 Å². The van der Waals surface area contributed by atoms with Gasteiger partial charge in [-0.15, -0.1) is 0 Å². The fraction of sp³-hybridized carbons (Fsp3) is 0. The van der Waals surface area contributed by atoms with E-state index in [0.717, 1.165) is 16.6 Å². The highest BCUT2D eigenvalue weighted by atomic mass is 19.1. The fourth-order valence-electron chi connectivity index (χ4n) is 1.76. The van der Waals surface area contributed by atoms with Gasteiger partial charge in [-0.25, -0.2) is 9.07 Å². The number of nitrogens with zero attached hydrogens (tertiary/aromatic N) is 2. The minimum Gasteiger partial charge on any atom is -0.233 e. The minimum atomic E-state index is -0.236. The second-order valence-electron chi connectivity index (χ2n) is 3.59. The normalized spacial score (nSPS) is 10.8. The van der Waals surface area contributed by atoms with Gasteiger partial charge < -0.3 is 0 Å². The van der Waals surface area contributed by atoms with Crippen molar-refractivity contribution >= 4 is 10.9 Å². The minimum absolute atomic E-state index is 0.236. The molecule has 16 heavy (non-hydrogen) atoms. The molecule has 1 aromatic heterocycles. The molecule has 0 N–H and O–H groups in total. The van der Waals surface area contributed by atoms with Crippen molar-refractivity contribution in [2.45, 2.75) is 0 Å². The van der Waals surface area contributed by atoms with E-state index >= 15 is 0 Å². The summed E-state index contributed by atoms with van der Waals surface area (Å²) >= 11 is 0. The summed E-state index contributed by atoms with van der Waals surface area (Å²) in [6.45, 7) is 0. The van der Waals surface area contributed by atoms with Crippen LogP contribution in [0, 0.1) is 5.82 Å². The van der Waals surface area contributed by atoms with Gasteiger partial charge in [-0.05, 0) is 30.3 Å². The lowest BCUT2D eigenvalue weighted by atomic mass is 10.2. The Hall–Kier alpha value is -2.16. The third-order valence-corrected chi connectivity index (χ3v) is 2.55. The molecule has 1 heterocycles. The Kier molecular flexibility index (Phi) is 1.96. The van der Waals surface area contributed by atoms with Gasteiger partial charge in [0.25, 0.3) is 0 Å². The zero-order chi connectivity index (χ0) is 11.0. The Morgan fingerprint density at radius 3 is 2.50 bits per heavy atom. The average Bonchev–Trinajstić information content (AvgIpc) is 2.74. The van der Waals surface area contributed by atoms with Crippen LogP contribution >= 0.6 is 0 Å². The van der Waals surface area contributed by atoms with Gasteiger partial charge in [0.1, 0.15) is 5.82 Å². The Morgan fingerprint density at radius 1 is 0.938 bits per heavy atom. The molecule has 0 unspecified atom stereocenters. The van der Waals surface area contributed by atoms with Gasteiger partial charge in [0.2, 0.25) is 0 Å². The summed E-state index contributed by atoms with van der Waals surface area (Å²) in [6.07, 6.45) is 1.80. The molecule has 0 saturated carbocycles. The zero-order valence-corrected chi connectivity index (χ0v) is 8.47. The molecular formula is C13H9FN2. The maximum absolute atomic E-state index is 12.8. The molecule has 0 radical (unpaired) electrons. The van der Waals surface area contributed by atoms with Crippen molar-refractivity contribution in [2.24, 2.45) is 0 Å². The van der Waals surface area contributed by atoms with Gasteiger partial charge in [-0.3, -0.25) is 0 Å². The number of hydrogen-bond donors (Lipinski definition) is 0. The molecular weight excluding hydrogens is 203 g/mol. The maximum atomic E-state index is 12.8. The van der Waals surface area contributed by atoms with E-state index in [1.807, 2.05) is 24.3 Å². The molecule has 0 bridgehead atoms. The summed E-state index contributed by atoms with van der Waals surface area (Å²) in [7, 11) is 0. The van der Waals surface area contributed by atoms with Crippen molar-refractivity contribution in [1.82, 2.24) is 9.78 Å². The molecule has 0 amide bonds. The molecule has 3 rings (SSSR count). The SMILES string of the molecule is Fc1ccc(-n2ncc3ccccc32)cc1. The molecule has 2 aromatic carbocycles. The molecule has 0 saturated heterocycles. The molecule has 0 spiro atoms. The van der Waals surface area contributed by atoms with E-state index in [1.54, 1.807) is 23.0 Å². The molecule has 0 fully saturated rings. The summed E-state index contributed by atoms with van der Waals surface area (Å²) in [4.78, 5) is 0. The third kappa shape index (κ3) is 1.37. The Labute approximate surface area is 91.9 Å². The molecule has 0 aliphatic heterocycles. The van der Waals surface area contributed by atoms with Crippen LogP contribution in [0.2, 0.25) is 0 Å². The highest BCUT2D eigenvalue weighted by Crippen LogP contribution is 2.17. The van der Waals surface area contributed by atoms with Crippen molar-refractivity contribution in [2.75, 3.05) is 0 Å². The highest BCUT2D eigenvalue weighted by Gasteiger charge is 2.03. The molecule has 3 aromatic rings. The lowest BCUT2D eigenvalue weighted by Crippen LogP contribution is -1.95. The summed E-state index contributed by atoms with van der Waals surface area (Å²) in [5, 5.41) is 5.37. The first kappa shape index (κ1) is 9.09. The van der Waals surface area contributed by atoms with Crippen LogP contribution in [0.5, 0.6) is 0 Å². The molecule has 3 heteroatoms. The first-order valence-electron chi connectivity index (χ1n) is 5.03. The van der Waals surface area contributed by atoms with Gasteiger partial charge in [0.05, 0.1) is 17.4 Å². The van der Waals surface area contributed by atoms with Crippen LogP contribution in [-0.4, -0.2) is 9.78 Å². The summed E-state index contributed by atoms with van der Waals surface area (Å²) < 4.78 is 14.6. The van der Waals surface area contributed by atoms with Crippen LogP contribution in [0.3, 0.4) is 0 Å². The number of halogens is 1. The summed E-state index contributed by atoms with van der Waals surface area (Å²) in [6, 6.07) is 14.2. The van der Waals surface area contributed by atoms with Gasteiger partial charge in [0.15, 0.2) is 0 Å². The van der Waals surface area contributed by atoms with E-state index in [4.69, 9.17) is 0 Å². The lowest BCUT2D eigenvalue weighted by molar-refractivity contribution is 0.627. The lowest BCUT2D eigenvalue weighted by Gasteiger charge is -2.02. The van der Waals surface area contributed by atoms with Crippen molar-refractivity contribution in [3.8, 4) is 5.69 Å². The molecule has 0 aliphatic carbocycles. The molecule has 2 nitrogen and oxygen atoms in total. The van der Waals surface area contributed by atoms with E-state index in [-0.39, 0.29) is 5.82 Å². The predicted octanol–water partition coefficient (Wildman–Crippen LogP) is 3.16. The maximum Gasteiger partial charge on any atom is 0.123 e. The van der Waals surface area contributed by atoms with Crippen molar-refractivity contribution < 1.29 is 4.39 Å². The first-order chi connectivity index (χ1) is 7.84. The van der Waals surface area contributed by atoms with E-state index in [0.29, 0.717) is 0 Å². The van der Waals surface area contributed by atoms with Crippen molar-refractivity contribution in [3.63, 3.8) is 0 Å². The van der Waals surface area contributed by atoms with Gasteiger partial charge in [-0.2, -0.15) is 5.10 Å². The number of fused-ring (bicyclic) bond motifs is 1. The number of para-hydroxylation sites is 1. The van der Waals surface area contributed by atoms with Gasteiger partial charge >= 0.3 is 0 Å². The van der Waals surface area contributed by atoms with Crippen molar-refractivity contribution in [1.29, 1.82) is 0 Å². The summed E-state index contributed by atoms with van der Waals surface area (Å²) in [5.41, 5.74) is 1.89. The predicted molar refractivity (Wildman–Crippen MR) is 61.0 cm³/mol. The number of hydrogen-bond acceptors (Lipinski definition) is 1. The molecule has 78 valence electrons. The largest absolute Gasteiger partial charge is 0.233 e. The Bertz CT molecular complexity index is 626. The third-order valence-electron chi connectivity index (χ3n) is 2.55. The number of benzene rings is 2. The van der Waals surface area contributed by atoms with Crippen molar-refractivity contribution in [3.05, 3.63) is 60.5 Å². The monoisotopic (exact) mass is 212 g/mol. The van der Waals surface area contributed by atoms with E-state index in [2.05, 4.69) is 5.10 Å². The van der Waals surface area contributed by atoms with Crippen LogP contribution in [0.4, 0.5) is 4.39 Å². The van der Waals surface area contributed by atoms with Gasteiger partial charge in [-0.1, -0.05) is 18.2 Å². The van der Waals surface area contributed by atoms with Crippen LogP contribution in [0.15, 0.2) is 54.7 Å². The van der Waals surface area contributed by atoms with E-state index < -0.39 is 0 Å². The number of rotatable bonds is 1. The highest BCUT2D eigenvalue weighted by molar-refractivity contribution is 5.80. The fourth-order valence-corrected chi connectivity index (χ4v) is 1.76. The van der Waals surface area contributed by atoms with E-state index in [9.17, 15) is 4.39 Å². The number of aromatic nitrogens is 2. The standard InChI is InChI=1S/C13H9FN2/c14-11-5-7-12(8-6-11)16-13-4-2-1-3-10(13)9-15-16/h1-9H. The average molecular weight is 212 g/mol. The second-order valence-corrected chi connectivity index (χ2v) is 3.59. The van der Waals surface area contributed by atoms with Crippen LogP contribution < -0.4 is 0 Å². The second kappa shape index (κ2) is 3.45. The first-order valence-corrected chi connectivity index (χ1v) is 5.03. The Balaban J connectivity index is 2.22. The zero-order valence-electron chi connectivity index (χ0n) is 8.47. The Morgan fingerprint density at radius 2 is 1.69 bits per heavy atom. The van der Waals surface area contributed by atoms with Crippen LogP contribution in [0.25, 0.3) is 16.6 Å². The summed E-state index contributed by atoms with van der Waals surface area (Å²) in [5.74, 6) is -0.236.